The maximum atomic E-state index is 12.8. The van der Waals surface area contributed by atoms with Crippen molar-refractivity contribution in [2.24, 2.45) is 22.5 Å². The van der Waals surface area contributed by atoms with Gasteiger partial charge in [0.05, 0.1) is 17.1 Å². The average molecular weight is 711 g/mol. The fourth-order valence-electron chi connectivity index (χ4n) is 7.85. The minimum absolute atomic E-state index is 0.0348. The Kier molecular flexibility index (Phi) is 11.0. The topological polar surface area (TPSA) is 179 Å². The highest BCUT2D eigenvalue weighted by molar-refractivity contribution is 6.06. The van der Waals surface area contributed by atoms with Gasteiger partial charge in [-0.25, -0.2) is 14.8 Å². The number of nitrogens with two attached hydrogens (primary N) is 2. The van der Waals surface area contributed by atoms with Gasteiger partial charge >= 0.3 is 6.09 Å². The molecule has 2 aromatic heterocycles. The molecular weight excluding hydrogens is 656 g/mol. The summed E-state index contributed by atoms with van der Waals surface area (Å²) in [5, 5.41) is 9.61. The molecule has 3 aliphatic carbocycles. The van der Waals surface area contributed by atoms with Gasteiger partial charge in [0.25, 0.3) is 0 Å². The summed E-state index contributed by atoms with van der Waals surface area (Å²) in [7, 11) is 0. The van der Waals surface area contributed by atoms with Gasteiger partial charge in [-0.1, -0.05) is 57.5 Å². The first-order valence-corrected chi connectivity index (χ1v) is 18.8. The highest BCUT2D eigenvalue weighted by atomic mass is 16.5. The lowest BCUT2D eigenvalue weighted by Crippen LogP contribution is -2.50. The van der Waals surface area contributed by atoms with Crippen LogP contribution in [0.1, 0.15) is 90.4 Å². The number of hydrogen-bond donors (Lipinski definition) is 5. The first kappa shape index (κ1) is 37.1. The van der Waals surface area contributed by atoms with Crippen LogP contribution in [0.5, 0.6) is 0 Å². The smallest absolute Gasteiger partial charge is 0.407 e. The van der Waals surface area contributed by atoms with E-state index in [4.69, 9.17) is 21.2 Å². The highest BCUT2D eigenvalue weighted by Gasteiger charge is 2.49. The lowest BCUT2D eigenvalue weighted by Gasteiger charge is -2.53. The molecule has 2 atom stereocenters. The van der Waals surface area contributed by atoms with Gasteiger partial charge in [0.1, 0.15) is 24.0 Å². The SMILES string of the molecule is CCCCc1nc2c(N)nc3ccccc3c2n1CC12CCC(CNC(=O)OCc3ccc(NC(=O)[C@H](C)NC(=O)[C@@H](N)C(C)C)cc3)(CC1)CC2. The van der Waals surface area contributed by atoms with Crippen LogP contribution in [0, 0.1) is 16.7 Å². The molecule has 0 saturated heterocycles. The van der Waals surface area contributed by atoms with Crippen molar-refractivity contribution in [3.8, 4) is 0 Å². The number of amides is 3. The van der Waals surface area contributed by atoms with Crippen molar-refractivity contribution < 1.29 is 19.1 Å². The largest absolute Gasteiger partial charge is 0.445 e. The lowest BCUT2D eigenvalue weighted by molar-refractivity contribution is -0.127. The Morgan fingerprint density at radius 1 is 0.923 bits per heavy atom. The molecular formula is C40H54N8O4. The maximum Gasteiger partial charge on any atom is 0.407 e. The maximum absolute atomic E-state index is 12.8. The van der Waals surface area contributed by atoms with E-state index in [0.717, 1.165) is 97.7 Å². The molecule has 0 unspecified atom stereocenters. The van der Waals surface area contributed by atoms with E-state index in [1.54, 1.807) is 31.2 Å². The van der Waals surface area contributed by atoms with Gasteiger partial charge in [0, 0.05) is 30.6 Å². The zero-order valence-corrected chi connectivity index (χ0v) is 31.0. The number of rotatable bonds is 14. The van der Waals surface area contributed by atoms with Crippen molar-refractivity contribution in [2.75, 3.05) is 17.6 Å². The number of alkyl carbamates (subject to hydrolysis) is 1. The third-order valence-corrected chi connectivity index (χ3v) is 11.5. The van der Waals surface area contributed by atoms with E-state index in [1.807, 2.05) is 26.0 Å². The zero-order valence-electron chi connectivity index (χ0n) is 31.0. The summed E-state index contributed by atoms with van der Waals surface area (Å²) in [6.45, 7) is 9.17. The van der Waals surface area contributed by atoms with Crippen molar-refractivity contribution in [2.45, 2.75) is 111 Å². The highest BCUT2D eigenvalue weighted by Crippen LogP contribution is 2.57. The standard InChI is InChI=1S/C40H54N8O4/c1-5-6-11-31-47-33-34(29-9-7-8-10-30(29)46-35(33)42)48(31)24-40-19-16-39(17-20-40,18-21-40)23-43-38(51)52-22-27-12-14-28(15-13-27)45-36(49)26(4)44-37(50)32(41)25(2)3/h7-10,12-15,25-26,32H,5-6,11,16-24,41H2,1-4H3,(H2,42,46)(H,43,51)(H,44,50)(H,45,49)/t26-,32-,39?,40?/m0/s1. The zero-order chi connectivity index (χ0) is 37.0. The lowest BCUT2D eigenvalue weighted by atomic mass is 9.53. The summed E-state index contributed by atoms with van der Waals surface area (Å²) in [5.74, 6) is 0.849. The number of nitrogen functional groups attached to an aromatic ring is 1. The van der Waals surface area contributed by atoms with Crippen molar-refractivity contribution >= 4 is 51.3 Å². The molecule has 278 valence electrons. The molecule has 12 nitrogen and oxygen atoms in total. The number of benzene rings is 2. The minimum Gasteiger partial charge on any atom is -0.445 e. The van der Waals surface area contributed by atoms with E-state index in [0.29, 0.717) is 18.1 Å². The predicted octanol–water partition coefficient (Wildman–Crippen LogP) is 6.20. The number of aromatic nitrogens is 3. The number of imidazole rings is 1. The fourth-order valence-corrected chi connectivity index (χ4v) is 7.85. The Balaban J connectivity index is 1.00. The van der Waals surface area contributed by atoms with Gasteiger partial charge in [-0.15, -0.1) is 0 Å². The molecule has 2 aromatic carbocycles. The second kappa shape index (κ2) is 15.5. The number of ether oxygens (including phenoxy) is 1. The van der Waals surface area contributed by atoms with Gasteiger partial charge in [-0.3, -0.25) is 9.59 Å². The number of unbranched alkanes of at least 4 members (excludes halogenated alkanes) is 1. The van der Waals surface area contributed by atoms with Crippen LogP contribution in [-0.2, 0) is 33.9 Å². The van der Waals surface area contributed by atoms with Crippen LogP contribution in [-0.4, -0.2) is 51.1 Å². The number of nitrogens with zero attached hydrogens (tertiary/aromatic N) is 3. The summed E-state index contributed by atoms with van der Waals surface area (Å²) in [5.41, 5.74) is 16.8. The first-order valence-electron chi connectivity index (χ1n) is 18.8. The Hall–Kier alpha value is -4.71. The van der Waals surface area contributed by atoms with Gasteiger partial charge < -0.3 is 36.7 Å². The summed E-state index contributed by atoms with van der Waals surface area (Å²) in [6, 6.07) is 13.9. The summed E-state index contributed by atoms with van der Waals surface area (Å²) in [6.07, 6.45) is 9.18. The van der Waals surface area contributed by atoms with Gasteiger partial charge in [-0.2, -0.15) is 0 Å². The molecule has 0 aliphatic heterocycles. The van der Waals surface area contributed by atoms with E-state index in [9.17, 15) is 14.4 Å². The molecule has 12 heteroatoms. The van der Waals surface area contributed by atoms with E-state index in [-0.39, 0.29) is 35.2 Å². The van der Waals surface area contributed by atoms with Crippen molar-refractivity contribution in [3.63, 3.8) is 0 Å². The number of anilines is 2. The quantitative estimate of drug-likeness (QED) is 0.103. The summed E-state index contributed by atoms with van der Waals surface area (Å²) >= 11 is 0. The predicted molar refractivity (Wildman–Crippen MR) is 204 cm³/mol. The molecule has 52 heavy (non-hydrogen) atoms. The van der Waals surface area contributed by atoms with E-state index >= 15 is 0 Å². The normalized spacial score (nSPS) is 20.9. The van der Waals surface area contributed by atoms with Crippen LogP contribution in [0.2, 0.25) is 0 Å². The number of carbonyl (C=O) groups excluding carboxylic acids is 3. The van der Waals surface area contributed by atoms with Gasteiger partial charge in [0.15, 0.2) is 5.82 Å². The third-order valence-electron chi connectivity index (χ3n) is 11.5. The Morgan fingerprint density at radius 2 is 1.60 bits per heavy atom. The Labute approximate surface area is 305 Å². The number of nitrogens with one attached hydrogen (secondary N) is 3. The minimum atomic E-state index is -0.743. The van der Waals surface area contributed by atoms with Crippen LogP contribution in [0.4, 0.5) is 16.3 Å². The fraction of sp³-hybridized carbons (Fsp3) is 0.525. The van der Waals surface area contributed by atoms with Crippen molar-refractivity contribution in [1.82, 2.24) is 25.2 Å². The van der Waals surface area contributed by atoms with Crippen LogP contribution in [0.15, 0.2) is 48.5 Å². The van der Waals surface area contributed by atoms with Crippen LogP contribution >= 0.6 is 0 Å². The van der Waals surface area contributed by atoms with Crippen LogP contribution in [0.3, 0.4) is 0 Å². The number of hydrogen-bond acceptors (Lipinski definition) is 8. The van der Waals surface area contributed by atoms with Crippen LogP contribution < -0.4 is 27.4 Å². The molecule has 7 rings (SSSR count). The molecule has 7 N–H and O–H groups in total. The first-order chi connectivity index (χ1) is 24.9. The van der Waals surface area contributed by atoms with Crippen molar-refractivity contribution in [1.29, 1.82) is 0 Å². The third kappa shape index (κ3) is 8.01. The molecule has 3 aliphatic rings. The van der Waals surface area contributed by atoms with E-state index in [1.165, 1.54) is 0 Å². The number of para-hydroxylation sites is 1. The molecule has 2 heterocycles. The number of aryl methyl sites for hydroxylation is 1. The summed E-state index contributed by atoms with van der Waals surface area (Å²) < 4.78 is 8.03. The van der Waals surface area contributed by atoms with Crippen LogP contribution in [0.25, 0.3) is 21.9 Å². The second-order valence-corrected chi connectivity index (χ2v) is 15.5. The Bertz CT molecular complexity index is 1900. The van der Waals surface area contributed by atoms with Gasteiger partial charge in [0.2, 0.25) is 11.8 Å². The van der Waals surface area contributed by atoms with E-state index < -0.39 is 18.2 Å². The average Bonchev–Trinajstić information content (AvgIpc) is 3.51. The molecule has 0 spiro atoms. The second-order valence-electron chi connectivity index (χ2n) is 15.5. The van der Waals surface area contributed by atoms with Gasteiger partial charge in [-0.05, 0) is 92.4 Å². The van der Waals surface area contributed by atoms with E-state index in [2.05, 4.69) is 44.6 Å². The number of pyridine rings is 1. The monoisotopic (exact) mass is 710 g/mol. The molecule has 2 bridgehead atoms. The molecule has 0 radical (unpaired) electrons. The molecule has 4 aromatic rings. The van der Waals surface area contributed by atoms with Crippen molar-refractivity contribution in [3.05, 3.63) is 59.9 Å². The Morgan fingerprint density at radius 3 is 2.27 bits per heavy atom. The number of fused-ring (bicyclic) bond motifs is 6. The molecule has 3 saturated carbocycles. The number of carbonyl (C=O) groups is 3. The summed E-state index contributed by atoms with van der Waals surface area (Å²) in [4.78, 5) is 47.3. The molecule has 3 amide bonds. The molecule has 3 fully saturated rings.